The van der Waals surface area contributed by atoms with Crippen LogP contribution in [0.4, 0.5) is 5.82 Å². The minimum Gasteiger partial charge on any atom is -0.469 e. The Kier molecular flexibility index (Phi) is 6.11. The van der Waals surface area contributed by atoms with Gasteiger partial charge in [-0.1, -0.05) is 5.16 Å². The number of pyridine rings is 1. The summed E-state index contributed by atoms with van der Waals surface area (Å²) in [4.78, 5) is 23.7. The number of carbonyl (C=O) groups excluding carboxylic acids is 1. The molecule has 1 N–H and O–H groups in total. The average Bonchev–Trinajstić information content (AvgIpc) is 3.44. The standard InChI is InChI=1S/C22H27N5O3/c1-15(7-9-19-6-4-12-29-19)24-21(28)18-5-3-11-27(14-18)20-10-8-17(13-23-20)22-25-16(2)26-30-22/h4,6,8,10,12-13,15,18H,3,5,7,9,11,14H2,1-2H3,(H,24,28). The van der Waals surface area contributed by atoms with Gasteiger partial charge in [0.05, 0.1) is 17.7 Å². The van der Waals surface area contributed by atoms with Crippen LogP contribution < -0.4 is 10.2 Å². The number of hydrogen-bond acceptors (Lipinski definition) is 7. The number of nitrogens with zero attached hydrogens (tertiary/aromatic N) is 4. The predicted octanol–water partition coefficient (Wildman–Crippen LogP) is 3.39. The number of carbonyl (C=O) groups is 1. The predicted molar refractivity (Wildman–Crippen MR) is 112 cm³/mol. The Morgan fingerprint density at radius 3 is 2.97 bits per heavy atom. The molecule has 2 atom stereocenters. The summed E-state index contributed by atoms with van der Waals surface area (Å²) in [6.07, 6.45) is 6.95. The summed E-state index contributed by atoms with van der Waals surface area (Å²) in [6, 6.07) is 7.83. The molecule has 0 bridgehead atoms. The first-order valence-corrected chi connectivity index (χ1v) is 10.4. The summed E-state index contributed by atoms with van der Waals surface area (Å²) in [5, 5.41) is 6.97. The van der Waals surface area contributed by atoms with Gasteiger partial charge in [0.15, 0.2) is 5.82 Å². The topological polar surface area (TPSA) is 97.3 Å². The molecule has 1 amide bonds. The Labute approximate surface area is 175 Å². The quantitative estimate of drug-likeness (QED) is 0.639. The highest BCUT2D eigenvalue weighted by atomic mass is 16.5. The van der Waals surface area contributed by atoms with E-state index >= 15 is 0 Å². The molecule has 4 heterocycles. The van der Waals surface area contributed by atoms with E-state index in [1.54, 1.807) is 19.4 Å². The molecule has 1 aliphatic rings. The molecule has 1 fully saturated rings. The Balaban J connectivity index is 1.31. The number of piperidine rings is 1. The van der Waals surface area contributed by atoms with Crippen LogP contribution in [0.25, 0.3) is 11.5 Å². The van der Waals surface area contributed by atoms with Crippen LogP contribution in [-0.2, 0) is 11.2 Å². The molecule has 4 rings (SSSR count). The molecule has 1 aliphatic heterocycles. The number of amides is 1. The van der Waals surface area contributed by atoms with E-state index in [4.69, 9.17) is 8.94 Å². The normalized spacial score (nSPS) is 17.7. The van der Waals surface area contributed by atoms with Crippen LogP contribution >= 0.6 is 0 Å². The van der Waals surface area contributed by atoms with E-state index in [2.05, 4.69) is 25.3 Å². The Hall–Kier alpha value is -3.16. The number of nitrogens with one attached hydrogen (secondary N) is 1. The van der Waals surface area contributed by atoms with Crippen LogP contribution in [0.2, 0.25) is 0 Å². The smallest absolute Gasteiger partial charge is 0.259 e. The molecule has 1 saturated heterocycles. The van der Waals surface area contributed by atoms with Crippen LogP contribution in [0.5, 0.6) is 0 Å². The van der Waals surface area contributed by atoms with E-state index in [9.17, 15) is 4.79 Å². The van der Waals surface area contributed by atoms with Crippen molar-refractivity contribution in [3.8, 4) is 11.5 Å². The molecule has 3 aromatic rings. The zero-order valence-corrected chi connectivity index (χ0v) is 17.4. The van der Waals surface area contributed by atoms with Crippen molar-refractivity contribution in [2.24, 2.45) is 5.92 Å². The van der Waals surface area contributed by atoms with Crippen molar-refractivity contribution in [1.29, 1.82) is 0 Å². The van der Waals surface area contributed by atoms with Crippen LogP contribution in [0.1, 0.15) is 37.8 Å². The van der Waals surface area contributed by atoms with Crippen molar-refractivity contribution < 1.29 is 13.7 Å². The number of hydrogen-bond donors (Lipinski definition) is 1. The van der Waals surface area contributed by atoms with Crippen molar-refractivity contribution in [2.75, 3.05) is 18.0 Å². The van der Waals surface area contributed by atoms with E-state index in [0.717, 1.165) is 49.4 Å². The largest absolute Gasteiger partial charge is 0.469 e. The number of anilines is 1. The van der Waals surface area contributed by atoms with E-state index < -0.39 is 0 Å². The number of aromatic nitrogens is 3. The van der Waals surface area contributed by atoms with E-state index in [1.165, 1.54) is 0 Å². The number of furan rings is 1. The monoisotopic (exact) mass is 409 g/mol. The minimum absolute atomic E-state index is 0.0371. The van der Waals surface area contributed by atoms with Gasteiger partial charge in [-0.25, -0.2) is 4.98 Å². The maximum absolute atomic E-state index is 12.8. The average molecular weight is 409 g/mol. The van der Waals surface area contributed by atoms with Crippen molar-refractivity contribution >= 4 is 11.7 Å². The molecule has 8 nitrogen and oxygen atoms in total. The maximum atomic E-state index is 12.8. The fourth-order valence-electron chi connectivity index (χ4n) is 3.76. The molecule has 0 spiro atoms. The molecular formula is C22H27N5O3. The van der Waals surface area contributed by atoms with Gasteiger partial charge in [0.2, 0.25) is 5.91 Å². The van der Waals surface area contributed by atoms with Crippen molar-refractivity contribution in [3.05, 3.63) is 48.3 Å². The number of aryl methyl sites for hydroxylation is 2. The zero-order chi connectivity index (χ0) is 20.9. The summed E-state index contributed by atoms with van der Waals surface area (Å²) in [5.41, 5.74) is 0.788. The van der Waals surface area contributed by atoms with Gasteiger partial charge in [0.1, 0.15) is 11.6 Å². The lowest BCUT2D eigenvalue weighted by Crippen LogP contribution is -2.45. The lowest BCUT2D eigenvalue weighted by atomic mass is 9.96. The lowest BCUT2D eigenvalue weighted by molar-refractivity contribution is -0.125. The Morgan fingerprint density at radius 2 is 2.27 bits per heavy atom. The van der Waals surface area contributed by atoms with Crippen molar-refractivity contribution in [3.63, 3.8) is 0 Å². The Bertz CT molecular complexity index is 952. The van der Waals surface area contributed by atoms with Crippen molar-refractivity contribution in [1.82, 2.24) is 20.4 Å². The van der Waals surface area contributed by atoms with Gasteiger partial charge in [-0.15, -0.1) is 0 Å². The molecule has 0 aromatic carbocycles. The third-order valence-electron chi connectivity index (χ3n) is 5.43. The van der Waals surface area contributed by atoms with Gasteiger partial charge in [0, 0.05) is 31.7 Å². The second kappa shape index (κ2) is 9.11. The van der Waals surface area contributed by atoms with Crippen LogP contribution in [0.15, 0.2) is 45.7 Å². The Morgan fingerprint density at radius 1 is 1.37 bits per heavy atom. The molecular weight excluding hydrogens is 382 g/mol. The van der Waals surface area contributed by atoms with Crippen molar-refractivity contribution in [2.45, 2.75) is 45.6 Å². The highest BCUT2D eigenvalue weighted by Crippen LogP contribution is 2.24. The second-order valence-electron chi connectivity index (χ2n) is 7.86. The molecule has 0 aliphatic carbocycles. The molecule has 3 aromatic heterocycles. The summed E-state index contributed by atoms with van der Waals surface area (Å²) in [5.74, 6) is 2.95. The van der Waals surface area contributed by atoms with E-state index in [0.29, 0.717) is 18.3 Å². The summed E-state index contributed by atoms with van der Waals surface area (Å²) < 4.78 is 10.6. The van der Waals surface area contributed by atoms with Gasteiger partial charge in [0.25, 0.3) is 5.89 Å². The SMILES string of the molecule is Cc1noc(-c2ccc(N3CCCC(C(=O)NC(C)CCc4ccco4)C3)nc2)n1. The summed E-state index contributed by atoms with van der Waals surface area (Å²) >= 11 is 0. The van der Waals surface area contributed by atoms with E-state index in [-0.39, 0.29) is 17.9 Å². The lowest BCUT2D eigenvalue weighted by Gasteiger charge is -2.33. The third-order valence-corrected chi connectivity index (χ3v) is 5.43. The third kappa shape index (κ3) is 4.87. The van der Waals surface area contributed by atoms with Gasteiger partial charge in [-0.05, 0) is 57.4 Å². The first kappa shape index (κ1) is 20.1. The van der Waals surface area contributed by atoms with Gasteiger partial charge in [-0.2, -0.15) is 4.98 Å². The van der Waals surface area contributed by atoms with E-state index in [1.807, 2.05) is 31.2 Å². The molecule has 0 radical (unpaired) electrons. The van der Waals surface area contributed by atoms with Gasteiger partial charge >= 0.3 is 0 Å². The molecule has 2 unspecified atom stereocenters. The fourth-order valence-corrected chi connectivity index (χ4v) is 3.76. The molecule has 0 saturated carbocycles. The minimum atomic E-state index is -0.0371. The summed E-state index contributed by atoms with van der Waals surface area (Å²) in [7, 11) is 0. The maximum Gasteiger partial charge on any atom is 0.259 e. The highest BCUT2D eigenvalue weighted by molar-refractivity contribution is 5.79. The van der Waals surface area contributed by atoms with Crippen LogP contribution in [0.3, 0.4) is 0 Å². The first-order valence-electron chi connectivity index (χ1n) is 10.4. The van der Waals surface area contributed by atoms with Gasteiger partial charge in [-0.3, -0.25) is 4.79 Å². The first-order chi connectivity index (χ1) is 14.6. The highest BCUT2D eigenvalue weighted by Gasteiger charge is 2.27. The summed E-state index contributed by atoms with van der Waals surface area (Å²) in [6.45, 7) is 5.39. The van der Waals surface area contributed by atoms with Crippen LogP contribution in [0, 0.1) is 12.8 Å². The molecule has 30 heavy (non-hydrogen) atoms. The molecule has 8 heteroatoms. The fraction of sp³-hybridized carbons (Fsp3) is 0.455. The van der Waals surface area contributed by atoms with Gasteiger partial charge < -0.3 is 19.2 Å². The second-order valence-corrected chi connectivity index (χ2v) is 7.86. The number of rotatable bonds is 7. The van der Waals surface area contributed by atoms with Crippen LogP contribution in [-0.4, -0.2) is 40.2 Å². The molecule has 158 valence electrons. The zero-order valence-electron chi connectivity index (χ0n) is 17.4.